The summed E-state index contributed by atoms with van der Waals surface area (Å²) in [6.07, 6.45) is 5.31. The molecule has 0 unspecified atom stereocenters. The SMILES string of the molecule is COC[C@H](c1ccccn1)N(C)C(=O)c1cn2ccccc2n1. The zero-order valence-electron chi connectivity index (χ0n) is 13.1. The van der Waals surface area contributed by atoms with Gasteiger partial charge in [0.2, 0.25) is 0 Å². The molecule has 0 radical (unpaired) electrons. The van der Waals surface area contributed by atoms with Crippen LogP contribution in [-0.2, 0) is 4.74 Å². The number of aromatic nitrogens is 3. The number of imidazole rings is 1. The van der Waals surface area contributed by atoms with Crippen LogP contribution in [0.5, 0.6) is 0 Å². The Labute approximate surface area is 134 Å². The van der Waals surface area contributed by atoms with Crippen molar-refractivity contribution in [1.82, 2.24) is 19.3 Å². The van der Waals surface area contributed by atoms with Crippen molar-refractivity contribution in [1.29, 1.82) is 0 Å². The van der Waals surface area contributed by atoms with E-state index in [-0.39, 0.29) is 11.9 Å². The molecule has 0 fully saturated rings. The summed E-state index contributed by atoms with van der Waals surface area (Å²) in [5.41, 5.74) is 1.93. The standard InChI is InChI=1S/C17H18N4O2/c1-20(15(12-23-2)13-7-3-5-9-18-13)17(22)14-11-21-10-6-4-8-16(21)19-14/h3-11,15H,12H2,1-2H3/t15-/m1/s1. The summed E-state index contributed by atoms with van der Waals surface area (Å²) in [4.78, 5) is 23.1. The lowest BCUT2D eigenvalue weighted by atomic mass is 10.1. The summed E-state index contributed by atoms with van der Waals surface area (Å²) in [7, 11) is 3.35. The van der Waals surface area contributed by atoms with Gasteiger partial charge < -0.3 is 14.0 Å². The lowest BCUT2D eigenvalue weighted by Gasteiger charge is -2.26. The zero-order chi connectivity index (χ0) is 16.2. The van der Waals surface area contributed by atoms with Crippen molar-refractivity contribution >= 4 is 11.6 Å². The number of hydrogen-bond donors (Lipinski definition) is 0. The number of amides is 1. The largest absolute Gasteiger partial charge is 0.382 e. The highest BCUT2D eigenvalue weighted by Gasteiger charge is 2.25. The number of hydrogen-bond acceptors (Lipinski definition) is 4. The second-order valence-electron chi connectivity index (χ2n) is 5.23. The molecule has 0 N–H and O–H groups in total. The molecule has 0 bridgehead atoms. The monoisotopic (exact) mass is 310 g/mol. The number of carbonyl (C=O) groups excluding carboxylic acids is 1. The Morgan fingerprint density at radius 1 is 1.30 bits per heavy atom. The number of carbonyl (C=O) groups is 1. The second-order valence-corrected chi connectivity index (χ2v) is 5.23. The number of nitrogens with zero attached hydrogens (tertiary/aromatic N) is 4. The number of pyridine rings is 2. The van der Waals surface area contributed by atoms with Crippen LogP contribution in [-0.4, -0.2) is 45.9 Å². The molecule has 0 aliphatic carbocycles. The first-order chi connectivity index (χ1) is 11.2. The molecule has 0 saturated carbocycles. The third-order valence-corrected chi connectivity index (χ3v) is 3.72. The minimum absolute atomic E-state index is 0.165. The lowest BCUT2D eigenvalue weighted by molar-refractivity contribution is 0.0590. The van der Waals surface area contributed by atoms with Crippen LogP contribution >= 0.6 is 0 Å². The zero-order valence-corrected chi connectivity index (χ0v) is 13.1. The maximum Gasteiger partial charge on any atom is 0.274 e. The van der Waals surface area contributed by atoms with Crippen molar-refractivity contribution in [2.24, 2.45) is 0 Å². The van der Waals surface area contributed by atoms with Crippen LogP contribution in [0, 0.1) is 0 Å². The molecule has 0 spiro atoms. The highest BCUT2D eigenvalue weighted by atomic mass is 16.5. The number of likely N-dealkylation sites (N-methyl/N-ethyl adjacent to an activating group) is 1. The van der Waals surface area contributed by atoms with Crippen LogP contribution < -0.4 is 0 Å². The van der Waals surface area contributed by atoms with E-state index in [4.69, 9.17) is 4.74 Å². The highest BCUT2D eigenvalue weighted by Crippen LogP contribution is 2.20. The third-order valence-electron chi connectivity index (χ3n) is 3.72. The molecule has 6 heteroatoms. The van der Waals surface area contributed by atoms with Crippen molar-refractivity contribution in [2.75, 3.05) is 20.8 Å². The Kier molecular flexibility index (Phi) is 4.34. The minimum atomic E-state index is -0.265. The predicted octanol–water partition coefficient (Wildman–Crippen LogP) is 2.19. The Morgan fingerprint density at radius 3 is 2.83 bits per heavy atom. The van der Waals surface area contributed by atoms with Crippen LogP contribution in [0.15, 0.2) is 55.0 Å². The number of ether oxygens (including phenoxy) is 1. The molecule has 118 valence electrons. The molecule has 1 atom stereocenters. The Hall–Kier alpha value is -2.73. The summed E-state index contributed by atoms with van der Waals surface area (Å²) in [5.74, 6) is -0.165. The van der Waals surface area contributed by atoms with Crippen molar-refractivity contribution in [2.45, 2.75) is 6.04 Å². The van der Waals surface area contributed by atoms with Crippen molar-refractivity contribution < 1.29 is 9.53 Å². The first kappa shape index (κ1) is 15.2. The van der Waals surface area contributed by atoms with Gasteiger partial charge in [-0.25, -0.2) is 4.98 Å². The fraction of sp³-hybridized carbons (Fsp3) is 0.235. The van der Waals surface area contributed by atoms with Crippen LogP contribution in [0.3, 0.4) is 0 Å². The molecule has 0 aliphatic rings. The first-order valence-corrected chi connectivity index (χ1v) is 7.31. The molecule has 6 nitrogen and oxygen atoms in total. The van der Waals surface area contributed by atoms with Gasteiger partial charge >= 0.3 is 0 Å². The van der Waals surface area contributed by atoms with Gasteiger partial charge in [-0.2, -0.15) is 0 Å². The summed E-state index contributed by atoms with van der Waals surface area (Å²) in [5, 5.41) is 0. The third kappa shape index (κ3) is 3.07. The Bertz CT molecular complexity index is 767. The number of rotatable bonds is 5. The molecule has 3 aromatic rings. The van der Waals surface area contributed by atoms with Crippen molar-refractivity contribution in [3.63, 3.8) is 0 Å². The second kappa shape index (κ2) is 6.58. The molecule has 0 aromatic carbocycles. The molecule has 23 heavy (non-hydrogen) atoms. The summed E-state index contributed by atoms with van der Waals surface area (Å²) >= 11 is 0. The van der Waals surface area contributed by atoms with Gasteiger partial charge in [-0.15, -0.1) is 0 Å². The van der Waals surface area contributed by atoms with E-state index < -0.39 is 0 Å². The van der Waals surface area contributed by atoms with E-state index in [9.17, 15) is 4.79 Å². The molecule has 0 saturated heterocycles. The first-order valence-electron chi connectivity index (χ1n) is 7.31. The average Bonchev–Trinajstić information content (AvgIpc) is 3.03. The van der Waals surface area contributed by atoms with Crippen LogP contribution in [0.1, 0.15) is 22.2 Å². The van der Waals surface area contributed by atoms with Crippen LogP contribution in [0.25, 0.3) is 5.65 Å². The van der Waals surface area contributed by atoms with Gasteiger partial charge in [-0.3, -0.25) is 9.78 Å². The fourth-order valence-electron chi connectivity index (χ4n) is 2.49. The molecular formula is C17H18N4O2. The molecule has 1 amide bonds. The van der Waals surface area contributed by atoms with Gasteiger partial charge in [0.15, 0.2) is 0 Å². The predicted molar refractivity (Wildman–Crippen MR) is 86.1 cm³/mol. The molecular weight excluding hydrogens is 292 g/mol. The molecule has 3 rings (SSSR count). The minimum Gasteiger partial charge on any atom is -0.382 e. The maximum atomic E-state index is 12.8. The van der Waals surface area contributed by atoms with E-state index in [0.29, 0.717) is 12.3 Å². The molecule has 0 aliphatic heterocycles. The fourth-order valence-corrected chi connectivity index (χ4v) is 2.49. The van der Waals surface area contributed by atoms with E-state index in [2.05, 4.69) is 9.97 Å². The van der Waals surface area contributed by atoms with Gasteiger partial charge in [0.1, 0.15) is 11.3 Å². The van der Waals surface area contributed by atoms with Gasteiger partial charge in [0.25, 0.3) is 5.91 Å². The number of methoxy groups -OCH3 is 1. The lowest BCUT2D eigenvalue weighted by Crippen LogP contribution is -2.34. The summed E-state index contributed by atoms with van der Waals surface area (Å²) < 4.78 is 7.09. The normalized spacial score (nSPS) is 12.3. The summed E-state index contributed by atoms with van der Waals surface area (Å²) in [6.45, 7) is 0.368. The van der Waals surface area contributed by atoms with Gasteiger partial charge in [-0.05, 0) is 24.3 Å². The van der Waals surface area contributed by atoms with Crippen molar-refractivity contribution in [3.8, 4) is 0 Å². The highest BCUT2D eigenvalue weighted by molar-refractivity contribution is 5.93. The van der Waals surface area contributed by atoms with Gasteiger partial charge in [0, 0.05) is 32.7 Å². The number of fused-ring (bicyclic) bond motifs is 1. The van der Waals surface area contributed by atoms with E-state index in [0.717, 1.165) is 11.3 Å². The topological polar surface area (TPSA) is 59.7 Å². The van der Waals surface area contributed by atoms with E-state index in [1.165, 1.54) is 0 Å². The maximum absolute atomic E-state index is 12.8. The van der Waals surface area contributed by atoms with E-state index in [1.807, 2.05) is 47.0 Å². The smallest absolute Gasteiger partial charge is 0.274 e. The van der Waals surface area contributed by atoms with Crippen molar-refractivity contribution in [3.05, 3.63) is 66.4 Å². The van der Waals surface area contributed by atoms with E-state index >= 15 is 0 Å². The molecule has 3 aromatic heterocycles. The summed E-state index contributed by atoms with van der Waals surface area (Å²) in [6, 6.07) is 11.0. The Balaban J connectivity index is 1.89. The van der Waals surface area contributed by atoms with Crippen LogP contribution in [0.4, 0.5) is 0 Å². The van der Waals surface area contributed by atoms with Gasteiger partial charge in [0.05, 0.1) is 18.3 Å². The Morgan fingerprint density at radius 2 is 2.13 bits per heavy atom. The average molecular weight is 310 g/mol. The van der Waals surface area contributed by atoms with E-state index in [1.54, 1.807) is 31.5 Å². The van der Waals surface area contributed by atoms with Crippen LogP contribution in [0.2, 0.25) is 0 Å². The molecule has 3 heterocycles. The van der Waals surface area contributed by atoms with Gasteiger partial charge in [-0.1, -0.05) is 12.1 Å². The quantitative estimate of drug-likeness (QED) is 0.725.